The third-order valence-corrected chi connectivity index (χ3v) is 5.23. The maximum atomic E-state index is 10.6. The van der Waals surface area contributed by atoms with Gasteiger partial charge in [0.25, 0.3) is 11.4 Å². The van der Waals surface area contributed by atoms with Crippen LogP contribution in [0, 0.1) is 20.2 Å². The molecule has 0 atom stereocenters. The molecule has 10 nitrogen and oxygen atoms in total. The van der Waals surface area contributed by atoms with E-state index in [1.807, 2.05) is 26.0 Å². The fourth-order valence-corrected chi connectivity index (χ4v) is 3.54. The molecule has 0 bridgehead atoms. The largest absolute Gasteiger partial charge is 0.516 e. The maximum absolute atomic E-state index is 10.6. The Balaban J connectivity index is -0.000000532. The number of aliphatic hydroxyl groups excluding tert-OH is 4. The van der Waals surface area contributed by atoms with Crippen molar-refractivity contribution in [3.8, 4) is 0 Å². The average molecular weight is 791 g/mol. The van der Waals surface area contributed by atoms with Gasteiger partial charge in [-0.15, -0.1) is 0 Å². The fraction of sp³-hybridized carbons (Fsp3) is 0.407. The number of rotatable bonds is 6. The number of allylic oxidation sites excluding steroid dienone is 1. The van der Waals surface area contributed by atoms with Gasteiger partial charge in [0.1, 0.15) is 0 Å². The minimum absolute atomic E-state index is 0. The van der Waals surface area contributed by atoms with Crippen LogP contribution in [0.1, 0.15) is 69.1 Å². The first kappa shape index (κ1) is 41.5. The molecule has 1 aliphatic rings. The van der Waals surface area contributed by atoms with E-state index in [-0.39, 0.29) is 95.6 Å². The molecule has 2 aromatic rings. The molecule has 0 aliphatic heterocycles. The standard InChI is InChI=1S/C14H18O2.C8H8N2O5.C3H6O.C2H6.W.Y/c15-10-9-11-1-3-12(4-2-11)13-5-7-14(16)8-6-13;11-4-3-6-1-2-7(9(12)13)5-8(6)10(14)15;1-3(2)4;1-2;;/h1-4,9-10,13-16H,5-8H2;1-2,5,11H,3-4H2;4H,1H2,2H3;1-2H3;;/b10-9-;;;;;. The molecule has 1 aliphatic carbocycles. The summed E-state index contributed by atoms with van der Waals surface area (Å²) >= 11 is 0. The molecule has 2 aromatic carbocycles. The van der Waals surface area contributed by atoms with Crippen LogP contribution in [-0.2, 0) is 60.2 Å². The van der Waals surface area contributed by atoms with E-state index in [1.165, 1.54) is 24.6 Å². The van der Waals surface area contributed by atoms with Crippen molar-refractivity contribution in [1.82, 2.24) is 0 Å². The number of hydrogen-bond acceptors (Lipinski definition) is 8. The molecular formula is C27H38N2O8WY. The van der Waals surface area contributed by atoms with Crippen LogP contribution in [-0.4, -0.2) is 43.0 Å². The molecule has 0 aromatic heterocycles. The number of benzene rings is 2. The summed E-state index contributed by atoms with van der Waals surface area (Å²) in [5, 5.41) is 55.6. The number of hydrogen-bond donors (Lipinski definition) is 4. The van der Waals surface area contributed by atoms with Crippen LogP contribution in [0.3, 0.4) is 0 Å². The van der Waals surface area contributed by atoms with Gasteiger partial charge in [-0.05, 0) is 61.8 Å². The molecule has 39 heavy (non-hydrogen) atoms. The molecule has 0 saturated heterocycles. The van der Waals surface area contributed by atoms with E-state index >= 15 is 0 Å². The third kappa shape index (κ3) is 17.4. The Morgan fingerprint density at radius 1 is 1.03 bits per heavy atom. The first-order valence-corrected chi connectivity index (χ1v) is 12.0. The molecule has 0 unspecified atom stereocenters. The molecule has 213 valence electrons. The second-order valence-electron chi connectivity index (χ2n) is 8.02. The van der Waals surface area contributed by atoms with Gasteiger partial charge in [-0.2, -0.15) is 0 Å². The van der Waals surface area contributed by atoms with Crippen LogP contribution in [0.15, 0.2) is 61.1 Å². The zero-order valence-electron chi connectivity index (χ0n) is 22.6. The van der Waals surface area contributed by atoms with Crippen LogP contribution in [0.25, 0.3) is 6.08 Å². The van der Waals surface area contributed by atoms with Crippen molar-refractivity contribution in [3.05, 3.63) is 98.0 Å². The second-order valence-corrected chi connectivity index (χ2v) is 8.02. The Labute approximate surface area is 269 Å². The smallest absolute Gasteiger partial charge is 0.279 e. The second kappa shape index (κ2) is 23.9. The number of nitro groups is 2. The van der Waals surface area contributed by atoms with E-state index in [1.54, 1.807) is 6.08 Å². The SMILES string of the molecule is C=C(C)O.CC.O/C=C\c1ccc(C2CCC(O)CC2)cc1.O=[N+]([O-])c1ccc(CCO)c([N+](=O)[O-])c1.[W].[Y]. The third-order valence-electron chi connectivity index (χ3n) is 5.23. The van der Waals surface area contributed by atoms with Crippen LogP contribution in [0.2, 0.25) is 0 Å². The summed E-state index contributed by atoms with van der Waals surface area (Å²) in [4.78, 5) is 19.6. The van der Waals surface area contributed by atoms with Gasteiger partial charge < -0.3 is 20.4 Å². The summed E-state index contributed by atoms with van der Waals surface area (Å²) in [7, 11) is 0. The summed E-state index contributed by atoms with van der Waals surface area (Å²) < 4.78 is 0. The Kier molecular flexibility index (Phi) is 25.4. The van der Waals surface area contributed by atoms with E-state index in [4.69, 9.17) is 15.3 Å². The quantitative estimate of drug-likeness (QED) is 0.149. The van der Waals surface area contributed by atoms with E-state index in [2.05, 4.69) is 18.7 Å². The minimum Gasteiger partial charge on any atom is -0.516 e. The molecular weight excluding hydrogens is 753 g/mol. The topological polar surface area (TPSA) is 167 Å². The van der Waals surface area contributed by atoms with Crippen LogP contribution < -0.4 is 0 Å². The molecule has 1 fully saturated rings. The number of non-ortho nitro benzene ring substituents is 1. The van der Waals surface area contributed by atoms with Crippen molar-refractivity contribution in [2.45, 2.75) is 64.9 Å². The maximum Gasteiger partial charge on any atom is 0.279 e. The van der Waals surface area contributed by atoms with Gasteiger partial charge in [0.15, 0.2) is 0 Å². The van der Waals surface area contributed by atoms with E-state index in [0.29, 0.717) is 5.92 Å². The molecule has 1 radical (unpaired) electrons. The van der Waals surface area contributed by atoms with Crippen LogP contribution in [0.4, 0.5) is 11.4 Å². The number of aliphatic hydroxyl groups is 4. The van der Waals surface area contributed by atoms with E-state index in [0.717, 1.165) is 43.6 Å². The molecule has 4 N–H and O–H groups in total. The monoisotopic (exact) mass is 791 g/mol. The minimum atomic E-state index is -0.699. The average Bonchev–Trinajstić information content (AvgIpc) is 2.87. The molecule has 0 spiro atoms. The molecule has 0 heterocycles. The first-order valence-electron chi connectivity index (χ1n) is 12.0. The van der Waals surface area contributed by atoms with E-state index < -0.39 is 9.85 Å². The summed E-state index contributed by atoms with van der Waals surface area (Å²) in [5.41, 5.74) is 1.99. The summed E-state index contributed by atoms with van der Waals surface area (Å²) in [5.74, 6) is 0.760. The number of nitrogens with zero attached hydrogens (tertiary/aromatic N) is 2. The van der Waals surface area contributed by atoms with Crippen molar-refractivity contribution >= 4 is 17.5 Å². The van der Waals surface area contributed by atoms with Gasteiger partial charge in [0.05, 0.1) is 34.0 Å². The van der Waals surface area contributed by atoms with Gasteiger partial charge in [0, 0.05) is 78.4 Å². The molecule has 3 rings (SSSR count). The van der Waals surface area contributed by atoms with Crippen molar-refractivity contribution < 1.29 is 84.0 Å². The Morgan fingerprint density at radius 3 is 1.95 bits per heavy atom. The van der Waals surface area contributed by atoms with Crippen LogP contribution >= 0.6 is 0 Å². The molecule has 12 heteroatoms. The van der Waals surface area contributed by atoms with Gasteiger partial charge in [-0.3, -0.25) is 20.2 Å². The summed E-state index contributed by atoms with van der Waals surface area (Å²) in [6.45, 7) is 8.40. The normalized spacial score (nSPS) is 15.3. The Morgan fingerprint density at radius 2 is 1.54 bits per heavy atom. The van der Waals surface area contributed by atoms with Crippen molar-refractivity contribution in [2.75, 3.05) is 6.61 Å². The first-order chi connectivity index (χ1) is 17.6. The van der Waals surface area contributed by atoms with Gasteiger partial charge in [0.2, 0.25) is 0 Å². The van der Waals surface area contributed by atoms with Crippen molar-refractivity contribution in [1.29, 1.82) is 0 Å². The van der Waals surface area contributed by atoms with E-state index in [9.17, 15) is 25.3 Å². The predicted molar refractivity (Wildman–Crippen MR) is 145 cm³/mol. The van der Waals surface area contributed by atoms with Gasteiger partial charge >= 0.3 is 0 Å². The zero-order valence-corrected chi connectivity index (χ0v) is 28.4. The Bertz CT molecular complexity index is 1010. The summed E-state index contributed by atoms with van der Waals surface area (Å²) in [6, 6.07) is 11.6. The predicted octanol–water partition coefficient (Wildman–Crippen LogP) is 6.37. The molecule has 0 amide bonds. The fourth-order valence-electron chi connectivity index (χ4n) is 3.54. The van der Waals surface area contributed by atoms with Crippen molar-refractivity contribution in [2.24, 2.45) is 0 Å². The molecule has 1 saturated carbocycles. The Hall–Kier alpha value is -1.97. The van der Waals surface area contributed by atoms with Crippen molar-refractivity contribution in [3.63, 3.8) is 0 Å². The summed E-state index contributed by atoms with van der Waals surface area (Å²) in [6.07, 6.45) is 6.75. The van der Waals surface area contributed by atoms with Gasteiger partial charge in [-0.25, -0.2) is 0 Å². The van der Waals surface area contributed by atoms with Crippen LogP contribution in [0.5, 0.6) is 0 Å². The zero-order chi connectivity index (χ0) is 28.4. The number of nitro benzene ring substituents is 2. The van der Waals surface area contributed by atoms with Gasteiger partial charge in [-0.1, -0.05) is 44.7 Å².